The van der Waals surface area contributed by atoms with Crippen molar-refractivity contribution in [2.24, 2.45) is 5.73 Å². The van der Waals surface area contributed by atoms with Gasteiger partial charge in [-0.2, -0.15) is 0 Å². The Morgan fingerprint density at radius 1 is 1.46 bits per heavy atom. The van der Waals surface area contributed by atoms with Crippen LogP contribution in [0.5, 0.6) is 5.75 Å². The van der Waals surface area contributed by atoms with Gasteiger partial charge in [0, 0.05) is 18.2 Å². The van der Waals surface area contributed by atoms with Crippen molar-refractivity contribution < 1.29 is 9.13 Å². The van der Waals surface area contributed by atoms with Gasteiger partial charge in [0.05, 0.1) is 6.10 Å². The van der Waals surface area contributed by atoms with E-state index in [0.29, 0.717) is 12.3 Å². The van der Waals surface area contributed by atoms with E-state index in [9.17, 15) is 4.39 Å². The summed E-state index contributed by atoms with van der Waals surface area (Å²) in [7, 11) is 0. The van der Waals surface area contributed by atoms with Gasteiger partial charge in [-0.05, 0) is 19.9 Å². The molecule has 13 heavy (non-hydrogen) atoms. The highest BCUT2D eigenvalue weighted by Gasteiger charge is 2.05. The van der Waals surface area contributed by atoms with Crippen molar-refractivity contribution in [3.63, 3.8) is 0 Å². The second-order valence-corrected chi connectivity index (χ2v) is 3.12. The highest BCUT2D eigenvalue weighted by atomic mass is 19.1. The molecule has 0 spiro atoms. The number of hydrogen-bond acceptors (Lipinski definition) is 2. The van der Waals surface area contributed by atoms with Gasteiger partial charge in [0.15, 0.2) is 0 Å². The molecule has 0 atom stereocenters. The third-order valence-electron chi connectivity index (χ3n) is 1.61. The maximum absolute atomic E-state index is 12.8. The minimum absolute atomic E-state index is 0.0344. The van der Waals surface area contributed by atoms with Gasteiger partial charge >= 0.3 is 0 Å². The van der Waals surface area contributed by atoms with Gasteiger partial charge in [-0.3, -0.25) is 0 Å². The van der Waals surface area contributed by atoms with E-state index in [0.717, 1.165) is 5.56 Å². The van der Waals surface area contributed by atoms with E-state index in [4.69, 9.17) is 10.5 Å². The van der Waals surface area contributed by atoms with Crippen LogP contribution in [0.4, 0.5) is 4.39 Å². The number of halogens is 1. The summed E-state index contributed by atoms with van der Waals surface area (Å²) in [5.74, 6) is 0.241. The molecule has 0 amide bonds. The monoisotopic (exact) mass is 183 g/mol. The molecule has 2 nitrogen and oxygen atoms in total. The molecule has 0 saturated carbocycles. The van der Waals surface area contributed by atoms with Crippen LogP contribution in [0.25, 0.3) is 0 Å². The number of ether oxygens (including phenoxy) is 1. The summed E-state index contributed by atoms with van der Waals surface area (Å²) in [5, 5.41) is 0. The van der Waals surface area contributed by atoms with E-state index in [1.807, 2.05) is 13.8 Å². The van der Waals surface area contributed by atoms with Crippen molar-refractivity contribution in [3.8, 4) is 5.75 Å². The largest absolute Gasteiger partial charge is 0.491 e. The van der Waals surface area contributed by atoms with Gasteiger partial charge in [-0.15, -0.1) is 0 Å². The predicted octanol–water partition coefficient (Wildman–Crippen LogP) is 2.07. The Labute approximate surface area is 77.5 Å². The lowest BCUT2D eigenvalue weighted by molar-refractivity contribution is 0.239. The van der Waals surface area contributed by atoms with Crippen LogP contribution in [0.15, 0.2) is 18.2 Å². The molecule has 0 unspecified atom stereocenters. The Kier molecular flexibility index (Phi) is 3.25. The molecule has 1 aromatic rings. The smallest absolute Gasteiger partial charge is 0.127 e. The van der Waals surface area contributed by atoms with E-state index in [2.05, 4.69) is 0 Å². The molecule has 0 fully saturated rings. The zero-order valence-corrected chi connectivity index (χ0v) is 7.88. The minimum atomic E-state index is -0.298. The van der Waals surface area contributed by atoms with Gasteiger partial charge in [0.25, 0.3) is 0 Å². The van der Waals surface area contributed by atoms with E-state index in [-0.39, 0.29) is 11.9 Å². The van der Waals surface area contributed by atoms with E-state index in [1.165, 1.54) is 12.1 Å². The summed E-state index contributed by atoms with van der Waals surface area (Å²) in [6.45, 7) is 4.15. The quantitative estimate of drug-likeness (QED) is 0.778. The van der Waals surface area contributed by atoms with Gasteiger partial charge in [0.2, 0.25) is 0 Å². The van der Waals surface area contributed by atoms with Crippen LogP contribution in [0.3, 0.4) is 0 Å². The molecule has 0 aliphatic carbocycles. The maximum Gasteiger partial charge on any atom is 0.127 e. The SMILES string of the molecule is CC(C)Oc1cc(F)ccc1CN. The lowest BCUT2D eigenvalue weighted by Gasteiger charge is -2.13. The fourth-order valence-electron chi connectivity index (χ4n) is 1.06. The Hall–Kier alpha value is -1.09. The molecule has 0 saturated heterocycles. The first kappa shape index (κ1) is 9.99. The summed E-state index contributed by atoms with van der Waals surface area (Å²) in [6.07, 6.45) is 0.0344. The van der Waals surface area contributed by atoms with E-state index in [1.54, 1.807) is 6.07 Å². The van der Waals surface area contributed by atoms with Crippen LogP contribution in [-0.4, -0.2) is 6.10 Å². The minimum Gasteiger partial charge on any atom is -0.491 e. The molecule has 0 radical (unpaired) electrons. The molecular formula is C10H14FNO. The number of hydrogen-bond donors (Lipinski definition) is 1. The standard InChI is InChI=1S/C10H14FNO/c1-7(2)13-10-5-9(11)4-3-8(10)6-12/h3-5,7H,6,12H2,1-2H3. The molecular weight excluding hydrogens is 169 g/mol. The molecule has 0 aliphatic rings. The summed E-state index contributed by atoms with van der Waals surface area (Å²) in [6, 6.07) is 4.39. The average Bonchev–Trinajstić information content (AvgIpc) is 2.03. The van der Waals surface area contributed by atoms with Gasteiger partial charge < -0.3 is 10.5 Å². The lowest BCUT2D eigenvalue weighted by Crippen LogP contribution is -2.09. The van der Waals surface area contributed by atoms with Crippen LogP contribution in [-0.2, 0) is 6.54 Å². The maximum atomic E-state index is 12.8. The van der Waals surface area contributed by atoms with Crippen LogP contribution in [0, 0.1) is 5.82 Å². The van der Waals surface area contributed by atoms with Gasteiger partial charge in [-0.25, -0.2) is 4.39 Å². The highest BCUT2D eigenvalue weighted by Crippen LogP contribution is 2.20. The van der Waals surface area contributed by atoms with E-state index >= 15 is 0 Å². The van der Waals surface area contributed by atoms with Crippen molar-refractivity contribution in [1.29, 1.82) is 0 Å². The molecule has 0 heterocycles. The van der Waals surface area contributed by atoms with Crippen LogP contribution in [0.1, 0.15) is 19.4 Å². The summed E-state index contributed by atoms with van der Waals surface area (Å²) in [5.41, 5.74) is 6.30. The third kappa shape index (κ3) is 2.70. The van der Waals surface area contributed by atoms with Crippen LogP contribution < -0.4 is 10.5 Å². The van der Waals surface area contributed by atoms with Crippen LogP contribution in [0.2, 0.25) is 0 Å². The normalized spacial score (nSPS) is 10.5. The molecule has 0 aromatic heterocycles. The summed E-state index contributed by atoms with van der Waals surface area (Å²) < 4.78 is 18.2. The summed E-state index contributed by atoms with van der Waals surface area (Å²) in [4.78, 5) is 0. The molecule has 72 valence electrons. The Morgan fingerprint density at radius 3 is 2.69 bits per heavy atom. The van der Waals surface area contributed by atoms with Gasteiger partial charge in [-0.1, -0.05) is 6.07 Å². The first-order chi connectivity index (χ1) is 6.13. The average molecular weight is 183 g/mol. The fourth-order valence-corrected chi connectivity index (χ4v) is 1.06. The predicted molar refractivity (Wildman–Crippen MR) is 50.1 cm³/mol. The molecule has 0 aliphatic heterocycles. The number of benzene rings is 1. The van der Waals surface area contributed by atoms with Gasteiger partial charge in [0.1, 0.15) is 11.6 Å². The molecule has 0 bridgehead atoms. The molecule has 1 rings (SSSR count). The molecule has 2 N–H and O–H groups in total. The van der Waals surface area contributed by atoms with E-state index < -0.39 is 0 Å². The second kappa shape index (κ2) is 4.23. The van der Waals surface area contributed by atoms with Crippen molar-refractivity contribution >= 4 is 0 Å². The molecule has 3 heteroatoms. The zero-order valence-electron chi connectivity index (χ0n) is 7.88. The Morgan fingerprint density at radius 2 is 2.15 bits per heavy atom. The highest BCUT2D eigenvalue weighted by molar-refractivity contribution is 5.33. The first-order valence-electron chi connectivity index (χ1n) is 4.28. The van der Waals surface area contributed by atoms with Crippen molar-refractivity contribution in [2.45, 2.75) is 26.5 Å². The van der Waals surface area contributed by atoms with Crippen molar-refractivity contribution in [1.82, 2.24) is 0 Å². The van der Waals surface area contributed by atoms with Crippen molar-refractivity contribution in [2.75, 3.05) is 0 Å². The first-order valence-corrected chi connectivity index (χ1v) is 4.28. The molecule has 1 aromatic carbocycles. The number of nitrogens with two attached hydrogens (primary N) is 1. The zero-order chi connectivity index (χ0) is 9.84. The summed E-state index contributed by atoms with van der Waals surface area (Å²) >= 11 is 0. The Balaban J connectivity index is 2.94. The van der Waals surface area contributed by atoms with Crippen molar-refractivity contribution in [3.05, 3.63) is 29.6 Å². The Bertz CT molecular complexity index is 286. The number of rotatable bonds is 3. The topological polar surface area (TPSA) is 35.2 Å². The third-order valence-corrected chi connectivity index (χ3v) is 1.61. The fraction of sp³-hybridized carbons (Fsp3) is 0.400. The second-order valence-electron chi connectivity index (χ2n) is 3.12. The lowest BCUT2D eigenvalue weighted by atomic mass is 10.2. The van der Waals surface area contributed by atoms with Crippen LogP contribution >= 0.6 is 0 Å².